The van der Waals surface area contributed by atoms with Gasteiger partial charge in [-0.1, -0.05) is 84.9 Å². The van der Waals surface area contributed by atoms with Crippen molar-refractivity contribution in [3.8, 4) is 16.8 Å². The van der Waals surface area contributed by atoms with Crippen LogP contribution in [0.3, 0.4) is 0 Å². The molecule has 2 heterocycles. The summed E-state index contributed by atoms with van der Waals surface area (Å²) < 4.78 is 4.76. The largest absolute Gasteiger partial charge is 0.343 e. The Morgan fingerprint density at radius 2 is 1.18 bits per heavy atom. The standard InChI is InChI=1S/C31H22N2/c1-32-27-15-9-8-14-24(27)25-18-19-28-30(31(25)32)26-17-16-22(21-10-4-2-5-11-21)20-29(26)33(28)23-12-6-3-7-13-23/h2-20H,1H3. The van der Waals surface area contributed by atoms with Gasteiger partial charge in [-0.2, -0.15) is 0 Å². The van der Waals surface area contributed by atoms with E-state index in [1.54, 1.807) is 0 Å². The van der Waals surface area contributed by atoms with E-state index in [4.69, 9.17) is 0 Å². The molecule has 0 aliphatic rings. The van der Waals surface area contributed by atoms with Gasteiger partial charge in [0.15, 0.2) is 0 Å². The van der Waals surface area contributed by atoms with Gasteiger partial charge in [0.05, 0.1) is 16.6 Å². The Morgan fingerprint density at radius 1 is 0.485 bits per heavy atom. The highest BCUT2D eigenvalue weighted by Crippen LogP contribution is 2.41. The molecule has 33 heavy (non-hydrogen) atoms. The van der Waals surface area contributed by atoms with Crippen molar-refractivity contribution in [2.45, 2.75) is 0 Å². The molecule has 0 unspecified atom stereocenters. The molecular weight excluding hydrogens is 400 g/mol. The predicted molar refractivity (Wildman–Crippen MR) is 140 cm³/mol. The Bertz CT molecular complexity index is 1800. The molecule has 2 aromatic heterocycles. The van der Waals surface area contributed by atoms with E-state index in [-0.39, 0.29) is 0 Å². The first kappa shape index (κ1) is 18.3. The first-order valence-electron chi connectivity index (χ1n) is 11.4. The maximum atomic E-state index is 2.41. The van der Waals surface area contributed by atoms with Crippen LogP contribution < -0.4 is 0 Å². The Labute approximate surface area is 191 Å². The van der Waals surface area contributed by atoms with Crippen molar-refractivity contribution in [2.24, 2.45) is 7.05 Å². The number of para-hydroxylation sites is 2. The van der Waals surface area contributed by atoms with Crippen LogP contribution in [0.4, 0.5) is 0 Å². The van der Waals surface area contributed by atoms with Crippen molar-refractivity contribution in [3.63, 3.8) is 0 Å². The summed E-state index contributed by atoms with van der Waals surface area (Å²) in [6, 6.07) is 41.5. The van der Waals surface area contributed by atoms with Crippen LogP contribution in [0.5, 0.6) is 0 Å². The Morgan fingerprint density at radius 3 is 2.00 bits per heavy atom. The summed E-state index contributed by atoms with van der Waals surface area (Å²) in [7, 11) is 2.19. The third kappa shape index (κ3) is 2.55. The van der Waals surface area contributed by atoms with Gasteiger partial charge in [0.1, 0.15) is 0 Å². The fraction of sp³-hybridized carbons (Fsp3) is 0.0323. The monoisotopic (exact) mass is 422 g/mol. The summed E-state index contributed by atoms with van der Waals surface area (Å²) in [5.41, 5.74) is 8.67. The van der Waals surface area contributed by atoms with Crippen LogP contribution in [-0.4, -0.2) is 9.13 Å². The fourth-order valence-electron chi connectivity index (χ4n) is 5.44. The molecule has 0 saturated carbocycles. The quantitative estimate of drug-likeness (QED) is 0.266. The molecule has 5 aromatic carbocycles. The second-order valence-corrected chi connectivity index (χ2v) is 8.70. The van der Waals surface area contributed by atoms with Gasteiger partial charge in [-0.15, -0.1) is 0 Å². The number of aromatic nitrogens is 2. The molecule has 2 heteroatoms. The first-order chi connectivity index (χ1) is 16.3. The SMILES string of the molecule is Cn1c2ccccc2c2ccc3c(c4ccc(-c5ccccc5)cc4n3-c3ccccc3)c21. The van der Waals surface area contributed by atoms with Gasteiger partial charge in [0.25, 0.3) is 0 Å². The third-order valence-corrected chi connectivity index (χ3v) is 6.92. The first-order valence-corrected chi connectivity index (χ1v) is 11.4. The van der Waals surface area contributed by atoms with Gasteiger partial charge in [-0.05, 0) is 41.5 Å². The molecular formula is C31H22N2. The summed E-state index contributed by atoms with van der Waals surface area (Å²) in [6.07, 6.45) is 0. The highest BCUT2D eigenvalue weighted by Gasteiger charge is 2.19. The van der Waals surface area contributed by atoms with Crippen molar-refractivity contribution >= 4 is 43.6 Å². The molecule has 0 atom stereocenters. The lowest BCUT2D eigenvalue weighted by Crippen LogP contribution is -1.93. The van der Waals surface area contributed by atoms with Crippen LogP contribution in [0.25, 0.3) is 60.4 Å². The number of rotatable bonds is 2. The zero-order valence-electron chi connectivity index (χ0n) is 18.4. The average molecular weight is 423 g/mol. The van der Waals surface area contributed by atoms with Crippen LogP contribution in [-0.2, 0) is 7.05 Å². The van der Waals surface area contributed by atoms with Gasteiger partial charge in [0, 0.05) is 39.8 Å². The number of aryl methyl sites for hydroxylation is 1. The van der Waals surface area contributed by atoms with E-state index < -0.39 is 0 Å². The highest BCUT2D eigenvalue weighted by molar-refractivity contribution is 6.25. The lowest BCUT2D eigenvalue weighted by molar-refractivity contribution is 1.02. The van der Waals surface area contributed by atoms with Crippen LogP contribution in [0.15, 0.2) is 115 Å². The van der Waals surface area contributed by atoms with E-state index in [2.05, 4.69) is 131 Å². The maximum Gasteiger partial charge on any atom is 0.0590 e. The Kier molecular flexibility index (Phi) is 3.80. The molecule has 2 nitrogen and oxygen atoms in total. The predicted octanol–water partition coefficient (Wildman–Crippen LogP) is 8.10. The Hall–Kier alpha value is -4.30. The van der Waals surface area contributed by atoms with Gasteiger partial charge >= 0.3 is 0 Å². The van der Waals surface area contributed by atoms with Crippen LogP contribution in [0.2, 0.25) is 0 Å². The second kappa shape index (κ2) is 6.85. The smallest absolute Gasteiger partial charge is 0.0590 e. The summed E-state index contributed by atoms with van der Waals surface area (Å²) in [5, 5.41) is 5.20. The van der Waals surface area contributed by atoms with E-state index in [9.17, 15) is 0 Å². The minimum atomic E-state index is 1.18. The summed E-state index contributed by atoms with van der Waals surface area (Å²) in [4.78, 5) is 0. The number of nitrogens with zero attached hydrogens (tertiary/aromatic N) is 2. The van der Waals surface area contributed by atoms with Crippen molar-refractivity contribution in [3.05, 3.63) is 115 Å². The van der Waals surface area contributed by atoms with Gasteiger partial charge < -0.3 is 9.13 Å². The second-order valence-electron chi connectivity index (χ2n) is 8.70. The summed E-state index contributed by atoms with van der Waals surface area (Å²) >= 11 is 0. The highest BCUT2D eigenvalue weighted by atomic mass is 15.0. The molecule has 0 N–H and O–H groups in total. The van der Waals surface area contributed by atoms with Gasteiger partial charge in [-0.25, -0.2) is 0 Å². The van der Waals surface area contributed by atoms with Crippen LogP contribution in [0.1, 0.15) is 0 Å². The van der Waals surface area contributed by atoms with E-state index in [0.717, 1.165) is 0 Å². The lowest BCUT2D eigenvalue weighted by atomic mass is 10.0. The average Bonchev–Trinajstić information content (AvgIpc) is 3.37. The molecule has 156 valence electrons. The normalized spacial score (nSPS) is 11.8. The van der Waals surface area contributed by atoms with Crippen molar-refractivity contribution in [2.75, 3.05) is 0 Å². The fourth-order valence-corrected chi connectivity index (χ4v) is 5.44. The minimum absolute atomic E-state index is 1.18. The number of hydrogen-bond donors (Lipinski definition) is 0. The topological polar surface area (TPSA) is 9.86 Å². The molecule has 7 aromatic rings. The molecule has 7 rings (SSSR count). The molecule has 0 fully saturated rings. The zero-order chi connectivity index (χ0) is 21.9. The van der Waals surface area contributed by atoms with Crippen LogP contribution in [0, 0.1) is 0 Å². The van der Waals surface area contributed by atoms with Crippen molar-refractivity contribution in [1.29, 1.82) is 0 Å². The zero-order valence-corrected chi connectivity index (χ0v) is 18.4. The maximum absolute atomic E-state index is 2.41. The Balaban J connectivity index is 1.69. The van der Waals surface area contributed by atoms with Crippen molar-refractivity contribution < 1.29 is 0 Å². The van der Waals surface area contributed by atoms with E-state index in [1.165, 1.54) is 60.4 Å². The van der Waals surface area contributed by atoms with Crippen LogP contribution >= 0.6 is 0 Å². The molecule has 0 radical (unpaired) electrons. The number of hydrogen-bond acceptors (Lipinski definition) is 0. The van der Waals surface area contributed by atoms with Gasteiger partial charge in [0.2, 0.25) is 0 Å². The molecule has 0 bridgehead atoms. The van der Waals surface area contributed by atoms with Crippen molar-refractivity contribution in [1.82, 2.24) is 9.13 Å². The summed E-state index contributed by atoms with van der Waals surface area (Å²) in [6.45, 7) is 0. The third-order valence-electron chi connectivity index (χ3n) is 6.92. The lowest BCUT2D eigenvalue weighted by Gasteiger charge is -2.09. The molecule has 0 aliphatic carbocycles. The molecule has 0 aliphatic heterocycles. The van der Waals surface area contributed by atoms with Gasteiger partial charge in [-0.3, -0.25) is 0 Å². The number of benzene rings is 5. The molecule has 0 spiro atoms. The van der Waals surface area contributed by atoms with E-state index in [0.29, 0.717) is 0 Å². The number of fused-ring (bicyclic) bond motifs is 7. The molecule has 0 amide bonds. The molecule has 0 saturated heterocycles. The van der Waals surface area contributed by atoms with E-state index >= 15 is 0 Å². The summed E-state index contributed by atoms with van der Waals surface area (Å²) in [5.74, 6) is 0. The van der Waals surface area contributed by atoms with E-state index in [1.807, 2.05) is 0 Å². The minimum Gasteiger partial charge on any atom is -0.343 e.